The quantitative estimate of drug-likeness (QED) is 0.876. The van der Waals surface area contributed by atoms with Crippen molar-refractivity contribution < 1.29 is 14.3 Å². The van der Waals surface area contributed by atoms with Gasteiger partial charge in [-0.1, -0.05) is 29.8 Å². The molecule has 0 saturated carbocycles. The first-order chi connectivity index (χ1) is 11.6. The predicted octanol–water partition coefficient (Wildman–Crippen LogP) is 2.92. The number of carbonyl (C=O) groups excluding carboxylic acids is 2. The lowest BCUT2D eigenvalue weighted by Gasteiger charge is -2.17. The molecule has 2 amide bonds. The molecule has 2 aromatic carbocycles. The lowest BCUT2D eigenvalue weighted by molar-refractivity contribution is -0.123. The molecule has 3 rings (SSSR count). The SMILES string of the molecule is O=C(COc1ccc2c(c1)CCC(=O)N2)NCc1ccccc1Cl. The van der Waals surface area contributed by atoms with Gasteiger partial charge in [0.05, 0.1) is 0 Å². The number of anilines is 1. The maximum atomic E-state index is 11.9. The first-order valence-electron chi connectivity index (χ1n) is 7.67. The number of amides is 2. The standard InChI is InChI=1S/C18H17ClN2O3/c19-15-4-2-1-3-13(15)10-20-18(23)11-24-14-6-7-16-12(9-14)5-8-17(22)21-16/h1-4,6-7,9H,5,8,10-11H2,(H,20,23)(H,21,22). The van der Waals surface area contributed by atoms with Gasteiger partial charge in [0.25, 0.3) is 5.91 Å². The number of fused-ring (bicyclic) bond motifs is 1. The lowest BCUT2D eigenvalue weighted by atomic mass is 10.0. The van der Waals surface area contributed by atoms with Crippen molar-refractivity contribution in [1.82, 2.24) is 5.32 Å². The van der Waals surface area contributed by atoms with Crippen molar-refractivity contribution in [1.29, 1.82) is 0 Å². The van der Waals surface area contributed by atoms with E-state index in [9.17, 15) is 9.59 Å². The third kappa shape index (κ3) is 4.06. The number of benzene rings is 2. The minimum Gasteiger partial charge on any atom is -0.484 e. The smallest absolute Gasteiger partial charge is 0.258 e. The summed E-state index contributed by atoms with van der Waals surface area (Å²) >= 11 is 6.05. The van der Waals surface area contributed by atoms with Gasteiger partial charge in [0.2, 0.25) is 5.91 Å². The van der Waals surface area contributed by atoms with E-state index in [0.717, 1.165) is 16.8 Å². The van der Waals surface area contributed by atoms with Gasteiger partial charge >= 0.3 is 0 Å². The van der Waals surface area contributed by atoms with Crippen LogP contribution < -0.4 is 15.4 Å². The molecule has 0 aliphatic carbocycles. The van der Waals surface area contributed by atoms with Crippen LogP contribution in [-0.2, 0) is 22.6 Å². The predicted molar refractivity (Wildman–Crippen MR) is 92.2 cm³/mol. The van der Waals surface area contributed by atoms with E-state index in [2.05, 4.69) is 10.6 Å². The molecule has 124 valence electrons. The normalized spacial score (nSPS) is 13.0. The Labute approximate surface area is 145 Å². The molecule has 6 heteroatoms. The maximum Gasteiger partial charge on any atom is 0.258 e. The minimum absolute atomic E-state index is 0.0233. The fraction of sp³-hybridized carbons (Fsp3) is 0.222. The van der Waals surface area contributed by atoms with Crippen molar-refractivity contribution in [3.05, 3.63) is 58.6 Å². The first-order valence-corrected chi connectivity index (χ1v) is 8.05. The summed E-state index contributed by atoms with van der Waals surface area (Å²) in [6.45, 7) is 0.285. The number of hydrogen-bond donors (Lipinski definition) is 2. The summed E-state index contributed by atoms with van der Waals surface area (Å²) in [4.78, 5) is 23.2. The molecule has 1 aliphatic rings. The van der Waals surface area contributed by atoms with Crippen molar-refractivity contribution in [3.63, 3.8) is 0 Å². The third-order valence-electron chi connectivity index (χ3n) is 3.78. The van der Waals surface area contributed by atoms with E-state index < -0.39 is 0 Å². The van der Waals surface area contributed by atoms with Crippen LogP contribution in [0.2, 0.25) is 5.02 Å². The highest BCUT2D eigenvalue weighted by molar-refractivity contribution is 6.31. The van der Waals surface area contributed by atoms with Crippen molar-refractivity contribution in [2.45, 2.75) is 19.4 Å². The van der Waals surface area contributed by atoms with E-state index in [0.29, 0.717) is 30.2 Å². The second-order valence-electron chi connectivity index (χ2n) is 5.52. The summed E-state index contributed by atoms with van der Waals surface area (Å²) in [5.41, 5.74) is 2.68. The van der Waals surface area contributed by atoms with Crippen molar-refractivity contribution in [3.8, 4) is 5.75 Å². The minimum atomic E-state index is -0.221. The highest BCUT2D eigenvalue weighted by Gasteiger charge is 2.15. The van der Waals surface area contributed by atoms with Gasteiger partial charge in [0, 0.05) is 23.7 Å². The van der Waals surface area contributed by atoms with Crippen molar-refractivity contribution in [2.24, 2.45) is 0 Å². The van der Waals surface area contributed by atoms with Gasteiger partial charge < -0.3 is 15.4 Å². The summed E-state index contributed by atoms with van der Waals surface area (Å²) in [5.74, 6) is 0.411. The Bertz CT molecular complexity index is 777. The molecule has 1 aliphatic heterocycles. The number of hydrogen-bond acceptors (Lipinski definition) is 3. The average Bonchev–Trinajstić information content (AvgIpc) is 2.59. The Balaban J connectivity index is 1.51. The monoisotopic (exact) mass is 344 g/mol. The molecular formula is C18H17ClN2O3. The Hall–Kier alpha value is -2.53. The summed E-state index contributed by atoms with van der Waals surface area (Å²) in [6, 6.07) is 12.8. The summed E-state index contributed by atoms with van der Waals surface area (Å²) in [5, 5.41) is 6.20. The zero-order chi connectivity index (χ0) is 16.9. The Kier molecular flexibility index (Phi) is 5.01. The first kappa shape index (κ1) is 16.3. The molecule has 0 atom stereocenters. The van der Waals surface area contributed by atoms with Crippen LogP contribution in [0.25, 0.3) is 0 Å². The molecule has 0 bridgehead atoms. The molecule has 24 heavy (non-hydrogen) atoms. The molecule has 0 unspecified atom stereocenters. The Morgan fingerprint density at radius 1 is 1.21 bits per heavy atom. The second-order valence-corrected chi connectivity index (χ2v) is 5.93. The summed E-state index contributed by atoms with van der Waals surface area (Å²) in [6.07, 6.45) is 1.14. The zero-order valence-electron chi connectivity index (χ0n) is 13.0. The third-order valence-corrected chi connectivity index (χ3v) is 4.14. The van der Waals surface area contributed by atoms with Gasteiger partial charge in [-0.15, -0.1) is 0 Å². The molecule has 1 heterocycles. The van der Waals surface area contributed by atoms with Crippen molar-refractivity contribution >= 4 is 29.1 Å². The van der Waals surface area contributed by atoms with Crippen LogP contribution >= 0.6 is 11.6 Å². The summed E-state index contributed by atoms with van der Waals surface area (Å²) < 4.78 is 5.52. The van der Waals surface area contributed by atoms with Crippen LogP contribution in [0, 0.1) is 0 Å². The molecule has 5 nitrogen and oxygen atoms in total. The van der Waals surface area contributed by atoms with E-state index in [4.69, 9.17) is 16.3 Å². The Morgan fingerprint density at radius 3 is 2.88 bits per heavy atom. The molecule has 2 N–H and O–H groups in total. The van der Waals surface area contributed by atoms with E-state index in [1.165, 1.54) is 0 Å². The molecule has 0 aromatic heterocycles. The number of nitrogens with one attached hydrogen (secondary N) is 2. The van der Waals surface area contributed by atoms with Gasteiger partial charge in [-0.05, 0) is 41.8 Å². The van der Waals surface area contributed by atoms with Crippen molar-refractivity contribution in [2.75, 3.05) is 11.9 Å². The summed E-state index contributed by atoms with van der Waals surface area (Å²) in [7, 11) is 0. The number of carbonyl (C=O) groups is 2. The molecule has 0 radical (unpaired) electrons. The van der Waals surface area contributed by atoms with E-state index in [1.54, 1.807) is 18.2 Å². The van der Waals surface area contributed by atoms with Crippen LogP contribution in [0.5, 0.6) is 5.75 Å². The topological polar surface area (TPSA) is 67.4 Å². The lowest BCUT2D eigenvalue weighted by Crippen LogP contribution is -2.28. The van der Waals surface area contributed by atoms with Gasteiger partial charge in [-0.2, -0.15) is 0 Å². The Morgan fingerprint density at radius 2 is 2.04 bits per heavy atom. The molecular weight excluding hydrogens is 328 g/mol. The van der Waals surface area contributed by atoms with Crippen LogP contribution in [0.3, 0.4) is 0 Å². The highest BCUT2D eigenvalue weighted by atomic mass is 35.5. The highest BCUT2D eigenvalue weighted by Crippen LogP contribution is 2.26. The number of halogens is 1. The fourth-order valence-corrected chi connectivity index (χ4v) is 2.69. The molecule has 2 aromatic rings. The van der Waals surface area contributed by atoms with Gasteiger partial charge in [-0.25, -0.2) is 0 Å². The fourth-order valence-electron chi connectivity index (χ4n) is 2.49. The van der Waals surface area contributed by atoms with E-state index in [-0.39, 0.29) is 18.4 Å². The van der Waals surface area contributed by atoms with Crippen LogP contribution in [0.1, 0.15) is 17.5 Å². The zero-order valence-corrected chi connectivity index (χ0v) is 13.7. The van der Waals surface area contributed by atoms with Gasteiger partial charge in [0.1, 0.15) is 5.75 Å². The maximum absolute atomic E-state index is 11.9. The van der Waals surface area contributed by atoms with E-state index >= 15 is 0 Å². The number of ether oxygens (including phenoxy) is 1. The van der Waals surface area contributed by atoms with Gasteiger partial charge in [0.15, 0.2) is 6.61 Å². The van der Waals surface area contributed by atoms with Crippen LogP contribution in [0.4, 0.5) is 5.69 Å². The van der Waals surface area contributed by atoms with Crippen LogP contribution in [0.15, 0.2) is 42.5 Å². The van der Waals surface area contributed by atoms with Crippen LogP contribution in [-0.4, -0.2) is 18.4 Å². The van der Waals surface area contributed by atoms with Gasteiger partial charge in [-0.3, -0.25) is 9.59 Å². The largest absolute Gasteiger partial charge is 0.484 e. The van der Waals surface area contributed by atoms with E-state index in [1.807, 2.05) is 24.3 Å². The molecule has 0 spiro atoms. The average molecular weight is 345 g/mol. The number of aryl methyl sites for hydroxylation is 1. The number of rotatable bonds is 5. The molecule has 0 fully saturated rings. The molecule has 0 saturated heterocycles. The second kappa shape index (κ2) is 7.36.